The van der Waals surface area contributed by atoms with Crippen molar-refractivity contribution in [1.29, 1.82) is 0 Å². The number of hydrogen-bond acceptors (Lipinski definition) is 5. The lowest BCUT2D eigenvalue weighted by molar-refractivity contribution is -0.385. The molecule has 0 saturated heterocycles. The quantitative estimate of drug-likeness (QED) is 0.487. The van der Waals surface area contributed by atoms with E-state index in [1.807, 2.05) is 0 Å². The predicted octanol–water partition coefficient (Wildman–Crippen LogP) is 2.81. The second-order valence-electron chi connectivity index (χ2n) is 3.16. The zero-order valence-corrected chi connectivity index (χ0v) is 9.53. The van der Waals surface area contributed by atoms with Crippen molar-refractivity contribution in [3.63, 3.8) is 0 Å². The minimum Gasteiger partial charge on any atom is -0.258 e. The van der Waals surface area contributed by atoms with Crippen LogP contribution in [0.25, 0.3) is 0 Å². The van der Waals surface area contributed by atoms with E-state index < -0.39 is 16.6 Å². The number of rotatable bonds is 3. The maximum absolute atomic E-state index is 12.9. The first-order chi connectivity index (χ1) is 8.56. The molecule has 2 aromatic rings. The Balaban J connectivity index is 2.18. The van der Waals surface area contributed by atoms with Crippen molar-refractivity contribution in [3.05, 3.63) is 52.3 Å². The summed E-state index contributed by atoms with van der Waals surface area (Å²) >= 11 is 0.979. The van der Waals surface area contributed by atoms with Gasteiger partial charge in [-0.1, -0.05) is 0 Å². The largest absolute Gasteiger partial charge is 0.305 e. The Hall–Kier alpha value is -2.09. The third-order valence-electron chi connectivity index (χ3n) is 1.93. The molecule has 0 fully saturated rings. The van der Waals surface area contributed by atoms with Crippen molar-refractivity contribution < 1.29 is 13.7 Å². The normalized spacial score (nSPS) is 10.3. The second-order valence-corrected chi connectivity index (χ2v) is 4.20. The summed E-state index contributed by atoms with van der Waals surface area (Å²) in [6, 6.07) is 3.36. The lowest BCUT2D eigenvalue weighted by Gasteiger charge is -2.00. The zero-order chi connectivity index (χ0) is 13.1. The monoisotopic (exact) mass is 269 g/mol. The highest BCUT2D eigenvalue weighted by Crippen LogP contribution is 2.26. The van der Waals surface area contributed by atoms with Crippen LogP contribution in [-0.4, -0.2) is 14.9 Å². The average Bonchev–Trinajstić information content (AvgIpc) is 2.34. The minimum atomic E-state index is -0.970. The van der Waals surface area contributed by atoms with Gasteiger partial charge in [-0.15, -0.1) is 0 Å². The van der Waals surface area contributed by atoms with E-state index >= 15 is 0 Å². The summed E-state index contributed by atoms with van der Waals surface area (Å²) in [5, 5.41) is 10.6. The topological polar surface area (TPSA) is 68.9 Å². The lowest BCUT2D eigenvalue weighted by atomic mass is 10.3. The van der Waals surface area contributed by atoms with E-state index in [9.17, 15) is 18.9 Å². The highest BCUT2D eigenvalue weighted by atomic mass is 32.2. The molecule has 0 spiro atoms. The predicted molar refractivity (Wildman–Crippen MR) is 59.2 cm³/mol. The molecule has 0 atom stereocenters. The van der Waals surface area contributed by atoms with Gasteiger partial charge < -0.3 is 0 Å². The molecule has 1 heterocycles. The lowest BCUT2D eigenvalue weighted by Crippen LogP contribution is -1.92. The van der Waals surface area contributed by atoms with Crippen LogP contribution in [0.5, 0.6) is 0 Å². The number of aromatic nitrogens is 2. The Bertz CT molecular complexity index is 592. The fraction of sp³-hybridized carbons (Fsp3) is 0. The molecule has 0 amide bonds. The summed E-state index contributed by atoms with van der Waals surface area (Å²) < 4.78 is 25.6. The molecule has 0 bridgehead atoms. The summed E-state index contributed by atoms with van der Waals surface area (Å²) in [7, 11) is 0. The third kappa shape index (κ3) is 2.77. The zero-order valence-electron chi connectivity index (χ0n) is 8.71. The summed E-state index contributed by atoms with van der Waals surface area (Å²) in [6.45, 7) is 0. The van der Waals surface area contributed by atoms with Gasteiger partial charge in [-0.3, -0.25) is 10.1 Å². The summed E-state index contributed by atoms with van der Waals surface area (Å²) in [4.78, 5) is 17.6. The summed E-state index contributed by atoms with van der Waals surface area (Å²) in [6.07, 6.45) is 2.10. The molecule has 5 nitrogen and oxygen atoms in total. The van der Waals surface area contributed by atoms with E-state index in [1.165, 1.54) is 6.07 Å². The van der Waals surface area contributed by atoms with E-state index in [-0.39, 0.29) is 10.8 Å². The van der Waals surface area contributed by atoms with E-state index in [2.05, 4.69) is 9.97 Å². The van der Waals surface area contributed by atoms with Crippen LogP contribution in [0.15, 0.2) is 40.6 Å². The second kappa shape index (κ2) is 5.05. The van der Waals surface area contributed by atoms with E-state index in [0.29, 0.717) is 4.90 Å². The summed E-state index contributed by atoms with van der Waals surface area (Å²) in [5.41, 5.74) is -0.232. The molecule has 0 aliphatic carbocycles. The van der Waals surface area contributed by atoms with Crippen LogP contribution in [0.2, 0.25) is 0 Å². The van der Waals surface area contributed by atoms with Crippen LogP contribution in [0.3, 0.4) is 0 Å². The average molecular weight is 269 g/mol. The Morgan fingerprint density at radius 1 is 1.17 bits per heavy atom. The van der Waals surface area contributed by atoms with Gasteiger partial charge in [-0.2, -0.15) is 0 Å². The Morgan fingerprint density at radius 3 is 2.39 bits per heavy atom. The summed E-state index contributed by atoms with van der Waals surface area (Å²) in [5.74, 6) is -1.91. The van der Waals surface area contributed by atoms with Gasteiger partial charge in [0.05, 0.1) is 4.92 Å². The van der Waals surface area contributed by atoms with Gasteiger partial charge in [-0.25, -0.2) is 18.7 Å². The highest BCUT2D eigenvalue weighted by Gasteiger charge is 2.09. The molecular weight excluding hydrogens is 264 g/mol. The van der Waals surface area contributed by atoms with Gasteiger partial charge in [0.1, 0.15) is 12.4 Å². The van der Waals surface area contributed by atoms with Crippen molar-refractivity contribution >= 4 is 17.4 Å². The third-order valence-corrected chi connectivity index (χ3v) is 2.81. The number of benzene rings is 1. The van der Waals surface area contributed by atoms with Crippen LogP contribution in [0.4, 0.5) is 14.5 Å². The molecule has 0 aliphatic rings. The number of hydrogen-bond donors (Lipinski definition) is 0. The molecule has 0 aliphatic heterocycles. The molecule has 92 valence electrons. The molecule has 1 aromatic heterocycles. The maximum Gasteiger partial charge on any atom is 0.305 e. The first-order valence-corrected chi connectivity index (χ1v) is 5.47. The molecule has 18 heavy (non-hydrogen) atoms. The van der Waals surface area contributed by atoms with Gasteiger partial charge in [0.2, 0.25) is 0 Å². The van der Waals surface area contributed by atoms with Crippen LogP contribution < -0.4 is 0 Å². The van der Waals surface area contributed by atoms with Gasteiger partial charge in [0.25, 0.3) is 0 Å². The molecule has 2 rings (SSSR count). The first-order valence-electron chi connectivity index (χ1n) is 4.65. The number of halogens is 2. The Labute approximate surface area is 104 Å². The highest BCUT2D eigenvalue weighted by molar-refractivity contribution is 7.99. The van der Waals surface area contributed by atoms with Crippen molar-refractivity contribution in [2.45, 2.75) is 10.1 Å². The van der Waals surface area contributed by atoms with E-state index in [0.717, 1.165) is 36.3 Å². The SMILES string of the molecule is O=[N+]([O-])c1cnc(Sc2ccc(F)c(F)c2)nc1. The van der Waals surface area contributed by atoms with Gasteiger partial charge in [0, 0.05) is 4.90 Å². The van der Waals surface area contributed by atoms with Gasteiger partial charge in [-0.05, 0) is 30.0 Å². The molecule has 0 radical (unpaired) electrons. The van der Waals surface area contributed by atoms with E-state index in [1.54, 1.807) is 0 Å². The molecule has 0 unspecified atom stereocenters. The van der Waals surface area contributed by atoms with Gasteiger partial charge >= 0.3 is 5.69 Å². The maximum atomic E-state index is 12.9. The Kier molecular flexibility index (Phi) is 3.47. The molecular formula is C10H5F2N3O2S. The van der Waals surface area contributed by atoms with Crippen molar-refractivity contribution in [2.24, 2.45) is 0 Å². The fourth-order valence-corrected chi connectivity index (χ4v) is 1.82. The number of nitro groups is 1. The first kappa shape index (κ1) is 12.4. The fourth-order valence-electron chi connectivity index (χ4n) is 1.10. The molecule has 0 N–H and O–H groups in total. The molecule has 0 saturated carbocycles. The van der Waals surface area contributed by atoms with Crippen LogP contribution in [-0.2, 0) is 0 Å². The van der Waals surface area contributed by atoms with Crippen LogP contribution in [0, 0.1) is 21.7 Å². The van der Waals surface area contributed by atoms with Crippen molar-refractivity contribution in [3.8, 4) is 0 Å². The van der Waals surface area contributed by atoms with Crippen molar-refractivity contribution in [2.75, 3.05) is 0 Å². The van der Waals surface area contributed by atoms with Crippen LogP contribution >= 0.6 is 11.8 Å². The number of nitrogens with zero attached hydrogens (tertiary/aromatic N) is 3. The van der Waals surface area contributed by atoms with Gasteiger partial charge in [0.15, 0.2) is 16.8 Å². The minimum absolute atomic E-state index is 0.214. The smallest absolute Gasteiger partial charge is 0.258 e. The molecule has 1 aromatic carbocycles. The Morgan fingerprint density at radius 2 is 1.83 bits per heavy atom. The van der Waals surface area contributed by atoms with Crippen LogP contribution in [0.1, 0.15) is 0 Å². The standard InChI is InChI=1S/C10H5F2N3O2S/c11-8-2-1-7(3-9(8)12)18-10-13-4-6(5-14-10)15(16)17/h1-5H. The van der Waals surface area contributed by atoms with Crippen molar-refractivity contribution in [1.82, 2.24) is 9.97 Å². The van der Waals surface area contributed by atoms with E-state index in [4.69, 9.17) is 0 Å². The molecule has 8 heteroatoms.